The molecule has 1 fully saturated rings. The van der Waals surface area contributed by atoms with Gasteiger partial charge in [-0.05, 0) is 44.9 Å². The number of carbonyl (C=O) groups excluding carboxylic acids is 1. The summed E-state index contributed by atoms with van der Waals surface area (Å²) in [6.45, 7) is 3.13. The summed E-state index contributed by atoms with van der Waals surface area (Å²) >= 11 is 0. The molecule has 0 bridgehead atoms. The van der Waals surface area contributed by atoms with E-state index in [1.807, 2.05) is 6.08 Å². The van der Waals surface area contributed by atoms with E-state index in [1.54, 1.807) is 0 Å². The van der Waals surface area contributed by atoms with Crippen LogP contribution in [0.4, 0.5) is 0 Å². The minimum atomic E-state index is -5.12. The smallest absolute Gasteiger partial charge is 0.394 e. The Morgan fingerprint density at radius 3 is 1.78 bits per heavy atom. The number of rotatable bonds is 34. The number of amides is 1. The molecule has 0 radical (unpaired) electrons. The van der Waals surface area contributed by atoms with E-state index in [2.05, 4.69) is 47.7 Å². The van der Waals surface area contributed by atoms with Crippen LogP contribution in [-0.4, -0.2) is 107 Å². The lowest BCUT2D eigenvalue weighted by Gasteiger charge is -2.41. The molecular formula is C41H75NO12S. The van der Waals surface area contributed by atoms with Crippen LogP contribution in [0.3, 0.4) is 0 Å². The fourth-order valence-electron chi connectivity index (χ4n) is 6.39. The highest BCUT2D eigenvalue weighted by atomic mass is 32.3. The summed E-state index contributed by atoms with van der Waals surface area (Å²) in [5, 5.41) is 55.0. The molecule has 7 N–H and O–H groups in total. The van der Waals surface area contributed by atoms with Crippen molar-refractivity contribution in [2.75, 3.05) is 13.2 Å². The molecule has 0 saturated carbocycles. The first-order chi connectivity index (χ1) is 26.4. The van der Waals surface area contributed by atoms with Crippen molar-refractivity contribution in [3.63, 3.8) is 0 Å². The van der Waals surface area contributed by atoms with Gasteiger partial charge in [-0.1, -0.05) is 147 Å². The van der Waals surface area contributed by atoms with Gasteiger partial charge in [-0.3, -0.25) is 9.35 Å². The van der Waals surface area contributed by atoms with Gasteiger partial charge < -0.3 is 40.3 Å². The number of aliphatic hydroxyl groups is 5. The number of unbranched alkanes of at least 4 members (excludes halogenated alkanes) is 18. The van der Waals surface area contributed by atoms with E-state index in [9.17, 15) is 38.7 Å². The number of hydrogen-bond acceptors (Lipinski definition) is 11. The van der Waals surface area contributed by atoms with Gasteiger partial charge in [0.2, 0.25) is 5.91 Å². The molecular weight excluding hydrogens is 731 g/mol. The second-order valence-electron chi connectivity index (χ2n) is 14.7. The third-order valence-corrected chi connectivity index (χ3v) is 10.3. The predicted molar refractivity (Wildman–Crippen MR) is 214 cm³/mol. The fourth-order valence-corrected chi connectivity index (χ4v) is 6.90. The zero-order valence-corrected chi connectivity index (χ0v) is 34.4. The number of ether oxygens (including phenoxy) is 2. The second kappa shape index (κ2) is 32.3. The van der Waals surface area contributed by atoms with Gasteiger partial charge in [-0.15, -0.1) is 0 Å². The Labute approximate surface area is 331 Å². The molecule has 0 aromatic carbocycles. The summed E-state index contributed by atoms with van der Waals surface area (Å²) < 4.78 is 47.3. The molecule has 0 spiro atoms. The van der Waals surface area contributed by atoms with Crippen molar-refractivity contribution < 1.29 is 57.0 Å². The summed E-state index contributed by atoms with van der Waals surface area (Å²) in [4.78, 5) is 13.0. The molecule has 8 atom stereocenters. The summed E-state index contributed by atoms with van der Waals surface area (Å²) in [6, 6.07) is -1.12. The Morgan fingerprint density at radius 2 is 1.24 bits per heavy atom. The lowest BCUT2D eigenvalue weighted by atomic mass is 9.99. The molecule has 1 aliphatic rings. The lowest BCUT2D eigenvalue weighted by Crippen LogP contribution is -2.61. The first-order valence-electron chi connectivity index (χ1n) is 21.0. The van der Waals surface area contributed by atoms with Crippen molar-refractivity contribution in [2.45, 2.75) is 204 Å². The van der Waals surface area contributed by atoms with Crippen molar-refractivity contribution in [1.29, 1.82) is 0 Å². The average molecular weight is 806 g/mol. The third kappa shape index (κ3) is 25.3. The van der Waals surface area contributed by atoms with Crippen molar-refractivity contribution in [1.82, 2.24) is 5.32 Å². The van der Waals surface area contributed by atoms with Crippen molar-refractivity contribution in [2.24, 2.45) is 0 Å². The van der Waals surface area contributed by atoms with Gasteiger partial charge in [-0.2, -0.15) is 8.42 Å². The van der Waals surface area contributed by atoms with Gasteiger partial charge in [0.05, 0.1) is 25.4 Å². The predicted octanol–water partition coefficient (Wildman–Crippen LogP) is 6.13. The van der Waals surface area contributed by atoms with E-state index in [0.717, 1.165) is 57.8 Å². The van der Waals surface area contributed by atoms with Crippen LogP contribution in [0.15, 0.2) is 36.5 Å². The van der Waals surface area contributed by atoms with Crippen LogP contribution < -0.4 is 5.32 Å². The summed E-state index contributed by atoms with van der Waals surface area (Å²) in [7, 11) is -5.12. The first kappa shape index (κ1) is 51.3. The van der Waals surface area contributed by atoms with E-state index in [1.165, 1.54) is 70.3 Å². The summed E-state index contributed by atoms with van der Waals surface area (Å²) in [5.41, 5.74) is 0. The van der Waals surface area contributed by atoms with Gasteiger partial charge in [0.25, 0.3) is 0 Å². The standard InChI is InChI=1S/C41H75NO12S/c1-3-5-7-9-11-13-15-17-18-20-22-24-26-28-30-35(45)40(48)42-33(34(44)29-27-25-23-21-19-16-14-12-10-8-6-4-2)32-52-41-38(47)39(54-55(49,50)51)37(46)36(31-43)53-41/h11,13,15,17,27,29,33-39,41,43-47H,3-10,12,14,16,18-26,28,30-32H2,1-2H3,(H,42,48)(H,49,50,51)/b13-11-,17-15-,29-27+. The Hall–Kier alpha value is -1.72. The molecule has 1 aliphatic heterocycles. The van der Waals surface area contributed by atoms with E-state index in [-0.39, 0.29) is 6.42 Å². The average Bonchev–Trinajstić information content (AvgIpc) is 3.15. The number of carbonyl (C=O) groups is 1. The van der Waals surface area contributed by atoms with Crippen LogP contribution in [0.25, 0.3) is 0 Å². The van der Waals surface area contributed by atoms with Crippen molar-refractivity contribution in [3.8, 4) is 0 Å². The quantitative estimate of drug-likeness (QED) is 0.0170. The molecule has 1 amide bonds. The monoisotopic (exact) mass is 806 g/mol. The highest BCUT2D eigenvalue weighted by Gasteiger charge is 2.48. The minimum absolute atomic E-state index is 0.224. The Bertz CT molecular complexity index is 1150. The third-order valence-electron chi connectivity index (χ3n) is 9.80. The fraction of sp³-hybridized carbons (Fsp3) is 0.829. The largest absolute Gasteiger partial charge is 0.397 e. The van der Waals surface area contributed by atoms with Crippen LogP contribution in [0.2, 0.25) is 0 Å². The van der Waals surface area contributed by atoms with Gasteiger partial charge in [0.15, 0.2) is 6.29 Å². The van der Waals surface area contributed by atoms with Crippen molar-refractivity contribution >= 4 is 16.3 Å². The van der Waals surface area contributed by atoms with Gasteiger partial charge in [0, 0.05) is 0 Å². The second-order valence-corrected chi connectivity index (χ2v) is 15.8. The minimum Gasteiger partial charge on any atom is -0.394 e. The van der Waals surface area contributed by atoms with E-state index < -0.39 is 78.5 Å². The maximum absolute atomic E-state index is 13.0. The maximum atomic E-state index is 13.0. The molecule has 1 heterocycles. The number of nitrogens with one attached hydrogen (secondary N) is 1. The van der Waals surface area contributed by atoms with Gasteiger partial charge in [-0.25, -0.2) is 4.18 Å². The molecule has 0 aromatic heterocycles. The molecule has 0 aromatic rings. The summed E-state index contributed by atoms with van der Waals surface area (Å²) in [6.07, 6.45) is 23.7. The normalized spacial score (nSPS) is 22.5. The Balaban J connectivity index is 2.68. The first-order valence-corrected chi connectivity index (χ1v) is 22.4. The molecule has 8 unspecified atom stereocenters. The van der Waals surface area contributed by atoms with E-state index >= 15 is 0 Å². The SMILES string of the molecule is CCCCC/C=C\C=C/CCCCCCCC(O)C(=O)NC(COC1OC(CO)C(O)C(OS(=O)(=O)O)C1O)C(O)/C=C/CCCCCCCCCCCC. The van der Waals surface area contributed by atoms with Crippen LogP contribution in [0, 0.1) is 0 Å². The number of hydrogen-bond donors (Lipinski definition) is 7. The van der Waals surface area contributed by atoms with Crippen LogP contribution >= 0.6 is 0 Å². The molecule has 14 heteroatoms. The Kier molecular flexibility index (Phi) is 30.1. The molecule has 322 valence electrons. The van der Waals surface area contributed by atoms with Crippen molar-refractivity contribution in [3.05, 3.63) is 36.5 Å². The lowest BCUT2D eigenvalue weighted by molar-refractivity contribution is -0.298. The summed E-state index contributed by atoms with van der Waals surface area (Å²) in [5.74, 6) is -0.718. The number of allylic oxidation sites excluding steroid dienone is 5. The molecule has 55 heavy (non-hydrogen) atoms. The topological polar surface area (TPSA) is 212 Å². The zero-order valence-electron chi connectivity index (χ0n) is 33.6. The zero-order chi connectivity index (χ0) is 40.7. The van der Waals surface area contributed by atoms with E-state index in [0.29, 0.717) is 12.8 Å². The highest BCUT2D eigenvalue weighted by Crippen LogP contribution is 2.26. The van der Waals surface area contributed by atoms with Crippen LogP contribution in [0.5, 0.6) is 0 Å². The molecule has 1 saturated heterocycles. The molecule has 13 nitrogen and oxygen atoms in total. The van der Waals surface area contributed by atoms with Crippen LogP contribution in [0.1, 0.15) is 155 Å². The Morgan fingerprint density at radius 1 is 0.745 bits per heavy atom. The molecule has 0 aliphatic carbocycles. The van der Waals surface area contributed by atoms with Gasteiger partial charge in [0.1, 0.15) is 30.5 Å². The van der Waals surface area contributed by atoms with Crippen LogP contribution in [-0.2, 0) is 28.9 Å². The van der Waals surface area contributed by atoms with E-state index in [4.69, 9.17) is 14.0 Å². The number of aliphatic hydroxyl groups excluding tert-OH is 5. The highest BCUT2D eigenvalue weighted by molar-refractivity contribution is 7.80. The molecule has 1 rings (SSSR count). The van der Waals surface area contributed by atoms with Gasteiger partial charge >= 0.3 is 10.4 Å². The maximum Gasteiger partial charge on any atom is 0.397 e.